The number of hydrogen-bond acceptors (Lipinski definition) is 7. The molecule has 0 heterocycles. The minimum atomic E-state index is -4.77. The molecule has 0 aliphatic heterocycles. The summed E-state index contributed by atoms with van der Waals surface area (Å²) < 4.78 is 24.7. The molecule has 0 aromatic rings. The van der Waals surface area contributed by atoms with Crippen molar-refractivity contribution in [1.29, 1.82) is 0 Å². The molecule has 0 bridgehead atoms. The van der Waals surface area contributed by atoms with E-state index in [1.165, 1.54) is 70.6 Å². The monoisotopic (exact) mass is 763 g/mol. The molecule has 0 spiro atoms. The number of quaternary nitrogens is 1. The SMILES string of the molecule is CCCCCCCCCCCCCCCCCC(=O)C(=O)C(CCCCCCC)(CCCCCCC)C(C[N+](C)(C)C)OP(=O)(O)OC[C@H](O)CO. The Morgan fingerprint density at radius 2 is 1.00 bits per heavy atom. The highest BCUT2D eigenvalue weighted by molar-refractivity contribution is 7.47. The third-order valence-electron chi connectivity index (χ3n) is 10.4. The van der Waals surface area contributed by atoms with Crippen molar-refractivity contribution in [3.63, 3.8) is 0 Å². The number of carbonyl (C=O) groups is 2. The first-order chi connectivity index (χ1) is 24.8. The number of carbonyl (C=O) groups excluding carboxylic acids is 2. The fraction of sp³-hybridized carbons (Fsp3) is 0.952. The van der Waals surface area contributed by atoms with Crippen LogP contribution in [0.15, 0.2) is 0 Å². The van der Waals surface area contributed by atoms with Gasteiger partial charge in [-0.2, -0.15) is 0 Å². The van der Waals surface area contributed by atoms with Gasteiger partial charge in [0, 0.05) is 6.42 Å². The first kappa shape index (κ1) is 51.3. The number of hydrogen-bond donors (Lipinski definition) is 3. The smallest absolute Gasteiger partial charge is 0.394 e. The molecule has 0 saturated carbocycles. The molecule has 0 aromatic carbocycles. The summed E-state index contributed by atoms with van der Waals surface area (Å²) in [6, 6.07) is 0. The van der Waals surface area contributed by atoms with Crippen LogP contribution in [0.25, 0.3) is 0 Å². The molecule has 3 atom stereocenters. The summed E-state index contributed by atoms with van der Waals surface area (Å²) in [6.07, 6.45) is 26.5. The molecule has 0 amide bonds. The lowest BCUT2D eigenvalue weighted by molar-refractivity contribution is -0.874. The second-order valence-corrected chi connectivity index (χ2v) is 18.0. The Hall–Kier alpha value is -0.670. The van der Waals surface area contributed by atoms with Crippen LogP contribution in [0.3, 0.4) is 0 Å². The van der Waals surface area contributed by atoms with Crippen molar-refractivity contribution < 1.29 is 42.8 Å². The van der Waals surface area contributed by atoms with Crippen LogP contribution in [0, 0.1) is 5.41 Å². The van der Waals surface area contributed by atoms with Gasteiger partial charge in [0.15, 0.2) is 5.78 Å². The average molecular weight is 763 g/mol. The number of unbranched alkanes of at least 4 members (excludes halogenated alkanes) is 22. The number of ketones is 2. The van der Waals surface area contributed by atoms with Crippen molar-refractivity contribution in [3.8, 4) is 0 Å². The Labute approximate surface area is 320 Å². The molecule has 9 nitrogen and oxygen atoms in total. The first-order valence-electron chi connectivity index (χ1n) is 21.6. The lowest BCUT2D eigenvalue weighted by Gasteiger charge is -2.42. The van der Waals surface area contributed by atoms with E-state index >= 15 is 0 Å². The predicted octanol–water partition coefficient (Wildman–Crippen LogP) is 10.7. The quantitative estimate of drug-likeness (QED) is 0.0244. The van der Waals surface area contributed by atoms with Gasteiger partial charge in [-0.3, -0.25) is 18.6 Å². The number of Topliss-reactive ketones (excluding diaryl/α,β-unsaturated/α-hetero) is 2. The summed E-state index contributed by atoms with van der Waals surface area (Å²) in [7, 11) is 1.04. The number of nitrogens with zero attached hydrogens (tertiary/aromatic N) is 1. The summed E-state index contributed by atoms with van der Waals surface area (Å²) in [5.74, 6) is -0.881. The summed E-state index contributed by atoms with van der Waals surface area (Å²) in [4.78, 5) is 39.3. The largest absolute Gasteiger partial charge is 0.472 e. The molecule has 10 heteroatoms. The highest BCUT2D eigenvalue weighted by Crippen LogP contribution is 2.51. The zero-order valence-corrected chi connectivity index (χ0v) is 35.7. The molecule has 0 aromatic heterocycles. The molecule has 0 saturated heterocycles. The normalized spacial score (nSPS) is 14.7. The van der Waals surface area contributed by atoms with Crippen LogP contribution in [0.4, 0.5) is 0 Å². The molecule has 52 heavy (non-hydrogen) atoms. The minimum Gasteiger partial charge on any atom is -0.394 e. The average Bonchev–Trinajstić information content (AvgIpc) is 3.09. The Balaban J connectivity index is 5.71. The lowest BCUT2D eigenvalue weighted by Crippen LogP contribution is -2.54. The van der Waals surface area contributed by atoms with Gasteiger partial charge in [-0.25, -0.2) is 4.57 Å². The summed E-state index contributed by atoms with van der Waals surface area (Å²) in [6.45, 7) is 5.56. The van der Waals surface area contributed by atoms with Gasteiger partial charge in [-0.1, -0.05) is 175 Å². The lowest BCUT2D eigenvalue weighted by atomic mass is 9.68. The van der Waals surface area contributed by atoms with E-state index in [0.717, 1.165) is 70.6 Å². The Bertz CT molecular complexity index is 910. The molecule has 0 fully saturated rings. The van der Waals surface area contributed by atoms with Gasteiger partial charge in [0.1, 0.15) is 18.8 Å². The number of rotatable bonds is 39. The second-order valence-electron chi connectivity index (χ2n) is 16.6. The number of aliphatic hydroxyl groups excluding tert-OH is 2. The maximum Gasteiger partial charge on any atom is 0.472 e. The number of phosphoric acid groups is 1. The van der Waals surface area contributed by atoms with Crippen LogP contribution in [-0.2, 0) is 23.2 Å². The van der Waals surface area contributed by atoms with E-state index in [1.807, 2.05) is 21.1 Å². The Morgan fingerprint density at radius 1 is 0.635 bits per heavy atom. The van der Waals surface area contributed by atoms with Gasteiger partial charge in [-0.15, -0.1) is 0 Å². The third kappa shape index (κ3) is 26.2. The van der Waals surface area contributed by atoms with Gasteiger partial charge in [-0.05, 0) is 19.3 Å². The van der Waals surface area contributed by atoms with Gasteiger partial charge < -0.3 is 19.6 Å². The fourth-order valence-corrected chi connectivity index (χ4v) is 8.20. The summed E-state index contributed by atoms with van der Waals surface area (Å²) >= 11 is 0. The molecule has 3 N–H and O–H groups in total. The maximum absolute atomic E-state index is 14.6. The van der Waals surface area contributed by atoms with Gasteiger partial charge >= 0.3 is 7.82 Å². The zero-order chi connectivity index (χ0) is 39.1. The Morgan fingerprint density at radius 3 is 1.37 bits per heavy atom. The van der Waals surface area contributed by atoms with E-state index < -0.39 is 50.2 Å². The van der Waals surface area contributed by atoms with E-state index in [2.05, 4.69) is 20.8 Å². The van der Waals surface area contributed by atoms with E-state index in [4.69, 9.17) is 9.05 Å². The molecular weight excluding hydrogens is 677 g/mol. The van der Waals surface area contributed by atoms with Crippen molar-refractivity contribution in [2.75, 3.05) is 40.9 Å². The standard InChI is InChI=1S/C42H84NO8P/c1-7-10-13-16-17-18-19-20-21-22-23-24-25-26-29-32-39(46)41(47)42(33-30-27-14-11-8-2,34-31-28-15-12-9-3)40(35-43(4,5)6)51-52(48,49)50-37-38(45)36-44/h38,40,44-45H,7-37H2,1-6H3/p+1/t38-,40?/m1/s1. The van der Waals surface area contributed by atoms with Crippen molar-refractivity contribution in [3.05, 3.63) is 0 Å². The Kier molecular flexibility index (Phi) is 31.1. The molecule has 0 radical (unpaired) electrons. The topological polar surface area (TPSA) is 130 Å². The van der Waals surface area contributed by atoms with E-state index in [9.17, 15) is 29.3 Å². The highest BCUT2D eigenvalue weighted by atomic mass is 31.2. The van der Waals surface area contributed by atoms with Crippen LogP contribution >= 0.6 is 7.82 Å². The third-order valence-corrected chi connectivity index (χ3v) is 11.4. The molecular formula is C42H85NO8P+. The van der Waals surface area contributed by atoms with E-state index in [-0.39, 0.29) is 13.0 Å². The summed E-state index contributed by atoms with van der Waals surface area (Å²) in [5.41, 5.74) is -1.27. The first-order valence-corrected chi connectivity index (χ1v) is 23.1. The van der Waals surface area contributed by atoms with E-state index in [0.29, 0.717) is 36.6 Å². The molecule has 310 valence electrons. The fourth-order valence-electron chi connectivity index (χ4n) is 7.19. The highest BCUT2D eigenvalue weighted by Gasteiger charge is 2.52. The van der Waals surface area contributed by atoms with Crippen LogP contribution in [-0.4, -0.2) is 84.3 Å². The van der Waals surface area contributed by atoms with Crippen LogP contribution < -0.4 is 0 Å². The van der Waals surface area contributed by atoms with Crippen LogP contribution in [0.1, 0.15) is 201 Å². The van der Waals surface area contributed by atoms with Crippen molar-refractivity contribution >= 4 is 19.4 Å². The number of aliphatic hydroxyl groups is 2. The van der Waals surface area contributed by atoms with Crippen molar-refractivity contribution in [1.82, 2.24) is 0 Å². The maximum atomic E-state index is 14.6. The molecule has 0 aliphatic carbocycles. The van der Waals surface area contributed by atoms with Gasteiger partial charge in [0.25, 0.3) is 0 Å². The van der Waals surface area contributed by atoms with E-state index in [1.54, 1.807) is 0 Å². The number of likely N-dealkylation sites (N-methyl/N-ethyl adjacent to an activating group) is 1. The molecule has 2 unspecified atom stereocenters. The van der Waals surface area contributed by atoms with Crippen LogP contribution in [0.5, 0.6) is 0 Å². The molecule has 0 aliphatic rings. The zero-order valence-electron chi connectivity index (χ0n) is 34.9. The van der Waals surface area contributed by atoms with Crippen LogP contribution in [0.2, 0.25) is 0 Å². The van der Waals surface area contributed by atoms with Gasteiger partial charge in [0.05, 0.1) is 39.8 Å². The van der Waals surface area contributed by atoms with Crippen molar-refractivity contribution in [2.45, 2.75) is 213 Å². The predicted molar refractivity (Wildman–Crippen MR) is 215 cm³/mol. The molecule has 0 rings (SSSR count). The number of phosphoric ester groups is 1. The minimum absolute atomic E-state index is 0.178. The van der Waals surface area contributed by atoms with Crippen molar-refractivity contribution in [2.24, 2.45) is 5.41 Å². The summed E-state index contributed by atoms with van der Waals surface area (Å²) in [5, 5.41) is 19.0. The van der Waals surface area contributed by atoms with Gasteiger partial charge in [0.2, 0.25) is 5.78 Å². The second kappa shape index (κ2) is 31.5.